The van der Waals surface area contributed by atoms with Gasteiger partial charge in [0.15, 0.2) is 0 Å². The van der Waals surface area contributed by atoms with Gasteiger partial charge in [0.05, 0.1) is 5.02 Å². The molecule has 1 aliphatic carbocycles. The summed E-state index contributed by atoms with van der Waals surface area (Å²) in [6, 6.07) is 5.02. The van der Waals surface area contributed by atoms with Crippen molar-refractivity contribution < 1.29 is 9.84 Å². The summed E-state index contributed by atoms with van der Waals surface area (Å²) in [7, 11) is 0. The molecule has 1 saturated carbocycles. The lowest BCUT2D eigenvalue weighted by atomic mass is 10.3. The maximum atomic E-state index is 9.80. The molecule has 0 radical (unpaired) electrons. The Labute approximate surface area is 117 Å². The number of β-amino-alcohol motifs (C(OH)–C–C–N with tert-alkyl or cyclic N) is 1. The molecule has 0 saturated heterocycles. The highest BCUT2D eigenvalue weighted by atomic mass is 35.5. The zero-order valence-electron chi connectivity index (χ0n) is 10.2. The van der Waals surface area contributed by atoms with E-state index >= 15 is 0 Å². The van der Waals surface area contributed by atoms with E-state index in [0.717, 1.165) is 0 Å². The molecule has 1 aromatic rings. The Morgan fingerprint density at radius 2 is 2.17 bits per heavy atom. The second kappa shape index (κ2) is 5.66. The highest BCUT2D eigenvalue weighted by molar-refractivity contribution is 6.34. The predicted molar refractivity (Wildman–Crippen MR) is 73.6 cm³/mol. The molecule has 0 aromatic heterocycles. The number of hydrogen-bond acceptors (Lipinski definition) is 3. The molecule has 3 nitrogen and oxygen atoms in total. The van der Waals surface area contributed by atoms with Crippen molar-refractivity contribution in [2.24, 2.45) is 0 Å². The van der Waals surface area contributed by atoms with Crippen LogP contribution in [-0.4, -0.2) is 29.9 Å². The minimum absolute atomic E-state index is 0.198. The van der Waals surface area contributed by atoms with Gasteiger partial charge in [-0.05, 0) is 31.9 Å². The van der Waals surface area contributed by atoms with Crippen molar-refractivity contribution in [1.82, 2.24) is 5.32 Å². The second-order valence-corrected chi connectivity index (χ2v) is 5.82. The highest BCUT2D eigenvalue weighted by Gasteiger charge is 2.36. The summed E-state index contributed by atoms with van der Waals surface area (Å²) in [5, 5.41) is 14.2. The van der Waals surface area contributed by atoms with Crippen LogP contribution in [0.25, 0.3) is 0 Å². The lowest BCUT2D eigenvalue weighted by Gasteiger charge is -2.17. The van der Waals surface area contributed by atoms with Crippen LogP contribution in [0.3, 0.4) is 0 Å². The Kier molecular flexibility index (Phi) is 4.38. The van der Waals surface area contributed by atoms with Gasteiger partial charge >= 0.3 is 0 Å². The minimum atomic E-state index is -0.558. The fourth-order valence-corrected chi connectivity index (χ4v) is 1.90. The molecule has 5 heteroatoms. The predicted octanol–water partition coefficient (Wildman–Crippen LogP) is 2.88. The Morgan fingerprint density at radius 3 is 2.83 bits per heavy atom. The van der Waals surface area contributed by atoms with E-state index in [2.05, 4.69) is 12.2 Å². The monoisotopic (exact) mass is 289 g/mol. The van der Waals surface area contributed by atoms with Crippen LogP contribution in [0.15, 0.2) is 18.2 Å². The molecule has 0 heterocycles. The van der Waals surface area contributed by atoms with Crippen molar-refractivity contribution in [3.8, 4) is 5.75 Å². The molecule has 2 rings (SSSR count). The Balaban J connectivity index is 1.77. The van der Waals surface area contributed by atoms with Crippen molar-refractivity contribution >= 4 is 23.2 Å². The lowest BCUT2D eigenvalue weighted by molar-refractivity contribution is 0.103. The first kappa shape index (κ1) is 13.9. The number of ether oxygens (including phenoxy) is 1. The number of rotatable bonds is 6. The SMILES string of the molecule is CC1(NCC(O)COc2cc(Cl)ccc2Cl)CC1. The van der Waals surface area contributed by atoms with Crippen molar-refractivity contribution in [1.29, 1.82) is 0 Å². The lowest BCUT2D eigenvalue weighted by Crippen LogP contribution is -2.37. The van der Waals surface area contributed by atoms with Crippen LogP contribution >= 0.6 is 23.2 Å². The summed E-state index contributed by atoms with van der Waals surface area (Å²) in [4.78, 5) is 0. The topological polar surface area (TPSA) is 41.5 Å². The summed E-state index contributed by atoms with van der Waals surface area (Å²) >= 11 is 11.8. The van der Waals surface area contributed by atoms with Gasteiger partial charge < -0.3 is 15.2 Å². The molecule has 1 atom stereocenters. The molecule has 2 N–H and O–H groups in total. The molecule has 1 unspecified atom stereocenters. The molecule has 1 fully saturated rings. The maximum absolute atomic E-state index is 9.80. The number of aliphatic hydroxyl groups excluding tert-OH is 1. The van der Waals surface area contributed by atoms with E-state index in [4.69, 9.17) is 27.9 Å². The van der Waals surface area contributed by atoms with E-state index in [-0.39, 0.29) is 12.1 Å². The van der Waals surface area contributed by atoms with Gasteiger partial charge in [-0.3, -0.25) is 0 Å². The zero-order valence-corrected chi connectivity index (χ0v) is 11.8. The van der Waals surface area contributed by atoms with Gasteiger partial charge in [0, 0.05) is 23.2 Å². The second-order valence-electron chi connectivity index (χ2n) is 4.98. The third-order valence-electron chi connectivity index (χ3n) is 3.09. The number of nitrogens with one attached hydrogen (secondary N) is 1. The Bertz CT molecular complexity index is 421. The zero-order chi connectivity index (χ0) is 13.2. The van der Waals surface area contributed by atoms with Crippen LogP contribution in [-0.2, 0) is 0 Å². The summed E-state index contributed by atoms with van der Waals surface area (Å²) in [6.45, 7) is 2.87. The average Bonchev–Trinajstić information content (AvgIpc) is 3.07. The molecule has 1 aliphatic rings. The van der Waals surface area contributed by atoms with Gasteiger partial charge in [0.2, 0.25) is 0 Å². The average molecular weight is 290 g/mol. The first-order chi connectivity index (χ1) is 8.48. The molecule has 0 bridgehead atoms. The quantitative estimate of drug-likeness (QED) is 0.846. The van der Waals surface area contributed by atoms with E-state index in [1.165, 1.54) is 12.8 Å². The first-order valence-electron chi connectivity index (χ1n) is 5.99. The summed E-state index contributed by atoms with van der Waals surface area (Å²) in [6.07, 6.45) is 1.78. The molecule has 0 amide bonds. The number of hydrogen-bond donors (Lipinski definition) is 2. The summed E-state index contributed by atoms with van der Waals surface area (Å²) in [5.74, 6) is 0.501. The molecule has 0 aliphatic heterocycles. The van der Waals surface area contributed by atoms with E-state index in [1.807, 2.05) is 0 Å². The van der Waals surface area contributed by atoms with Crippen molar-refractivity contribution in [3.63, 3.8) is 0 Å². The number of benzene rings is 1. The molecule has 1 aromatic carbocycles. The van der Waals surface area contributed by atoms with E-state index in [0.29, 0.717) is 22.3 Å². The fourth-order valence-electron chi connectivity index (χ4n) is 1.56. The third-order valence-corrected chi connectivity index (χ3v) is 3.64. The molecular formula is C13H17Cl2NO2. The molecular weight excluding hydrogens is 273 g/mol. The Morgan fingerprint density at radius 1 is 1.44 bits per heavy atom. The maximum Gasteiger partial charge on any atom is 0.139 e. The smallest absolute Gasteiger partial charge is 0.139 e. The van der Waals surface area contributed by atoms with Crippen molar-refractivity contribution in [2.45, 2.75) is 31.4 Å². The van der Waals surface area contributed by atoms with Crippen LogP contribution in [0, 0.1) is 0 Å². The largest absolute Gasteiger partial charge is 0.489 e. The van der Waals surface area contributed by atoms with Gasteiger partial charge in [-0.15, -0.1) is 0 Å². The number of aliphatic hydroxyl groups is 1. The van der Waals surface area contributed by atoms with Gasteiger partial charge in [0.25, 0.3) is 0 Å². The summed E-state index contributed by atoms with van der Waals surface area (Å²) < 4.78 is 5.46. The molecule has 18 heavy (non-hydrogen) atoms. The highest BCUT2D eigenvalue weighted by Crippen LogP contribution is 2.34. The van der Waals surface area contributed by atoms with Gasteiger partial charge in [-0.1, -0.05) is 23.2 Å². The first-order valence-corrected chi connectivity index (χ1v) is 6.75. The van der Waals surface area contributed by atoms with E-state index in [1.54, 1.807) is 18.2 Å². The number of halogens is 2. The van der Waals surface area contributed by atoms with Gasteiger partial charge in [-0.25, -0.2) is 0 Å². The molecule has 100 valence electrons. The van der Waals surface area contributed by atoms with Crippen molar-refractivity contribution in [2.75, 3.05) is 13.2 Å². The van der Waals surface area contributed by atoms with Crippen molar-refractivity contribution in [3.05, 3.63) is 28.2 Å². The summed E-state index contributed by atoms with van der Waals surface area (Å²) in [5.41, 5.74) is 0.217. The molecule has 0 spiro atoms. The van der Waals surface area contributed by atoms with Gasteiger partial charge in [-0.2, -0.15) is 0 Å². The van der Waals surface area contributed by atoms with Crippen LogP contribution in [0.4, 0.5) is 0 Å². The standard InChI is InChI=1S/C13H17Cl2NO2/c1-13(4-5-13)16-7-10(17)8-18-12-6-9(14)2-3-11(12)15/h2-3,6,10,16-17H,4-5,7-8H2,1H3. The van der Waals surface area contributed by atoms with Crippen LogP contribution in [0.5, 0.6) is 5.75 Å². The van der Waals surface area contributed by atoms with Crippen LogP contribution in [0.2, 0.25) is 10.0 Å². The van der Waals surface area contributed by atoms with E-state index in [9.17, 15) is 5.11 Å². The van der Waals surface area contributed by atoms with Crippen LogP contribution in [0.1, 0.15) is 19.8 Å². The fraction of sp³-hybridized carbons (Fsp3) is 0.538. The van der Waals surface area contributed by atoms with E-state index < -0.39 is 6.10 Å². The normalized spacial score (nSPS) is 18.4. The van der Waals surface area contributed by atoms with Gasteiger partial charge in [0.1, 0.15) is 18.5 Å². The third kappa shape index (κ3) is 4.02. The Hall–Kier alpha value is -0.480. The minimum Gasteiger partial charge on any atom is -0.489 e. The van der Waals surface area contributed by atoms with Crippen LogP contribution < -0.4 is 10.1 Å².